The Hall–Kier alpha value is -2.47. The summed E-state index contributed by atoms with van der Waals surface area (Å²) in [6.07, 6.45) is 4.65. The maximum Gasteiger partial charge on any atom is 0.169 e. The van der Waals surface area contributed by atoms with Crippen LogP contribution >= 0.6 is 11.3 Å². The fourth-order valence-electron chi connectivity index (χ4n) is 2.49. The number of benzene rings is 1. The molecule has 0 unspecified atom stereocenters. The topological polar surface area (TPSA) is 59.4 Å². The van der Waals surface area contributed by atoms with Gasteiger partial charge in [-0.2, -0.15) is 0 Å². The van der Waals surface area contributed by atoms with E-state index in [2.05, 4.69) is 24.5 Å². The van der Waals surface area contributed by atoms with Gasteiger partial charge in [0.1, 0.15) is 5.82 Å². The molecule has 0 saturated heterocycles. The molecule has 3 heterocycles. The van der Waals surface area contributed by atoms with Crippen molar-refractivity contribution >= 4 is 22.4 Å². The molecule has 0 aliphatic rings. The van der Waals surface area contributed by atoms with E-state index in [1.165, 1.54) is 0 Å². The average molecular weight is 309 g/mol. The molecule has 4 aromatic rings. The molecule has 0 bridgehead atoms. The number of nitrogens with one attached hydrogen (secondary N) is 1. The zero-order chi connectivity index (χ0) is 14.9. The second-order valence-electron chi connectivity index (χ2n) is 5.19. The quantitative estimate of drug-likeness (QED) is 0.628. The highest BCUT2D eigenvalue weighted by Crippen LogP contribution is 2.22. The van der Waals surface area contributed by atoms with Gasteiger partial charge in [-0.25, -0.2) is 15.0 Å². The molecule has 22 heavy (non-hydrogen) atoms. The summed E-state index contributed by atoms with van der Waals surface area (Å²) >= 11 is 1.63. The molecule has 5 nitrogen and oxygen atoms in total. The Morgan fingerprint density at radius 3 is 2.95 bits per heavy atom. The second kappa shape index (κ2) is 5.38. The molecule has 0 aliphatic heterocycles. The molecule has 0 aliphatic carbocycles. The van der Waals surface area contributed by atoms with Gasteiger partial charge in [0.15, 0.2) is 10.8 Å². The van der Waals surface area contributed by atoms with Crippen molar-refractivity contribution in [2.24, 2.45) is 0 Å². The summed E-state index contributed by atoms with van der Waals surface area (Å²) in [6.45, 7) is 2.83. The molecule has 1 N–H and O–H groups in total. The Kier molecular flexibility index (Phi) is 3.23. The van der Waals surface area contributed by atoms with Crippen LogP contribution in [0.3, 0.4) is 0 Å². The summed E-state index contributed by atoms with van der Waals surface area (Å²) in [5.74, 6) is 1.92. The van der Waals surface area contributed by atoms with Crippen molar-refractivity contribution in [2.75, 3.05) is 0 Å². The third kappa shape index (κ3) is 2.42. The Bertz CT molecular complexity index is 884. The maximum atomic E-state index is 4.62. The van der Waals surface area contributed by atoms with Gasteiger partial charge in [-0.3, -0.25) is 0 Å². The predicted octanol–water partition coefficient (Wildman–Crippen LogP) is 3.43. The first-order chi connectivity index (χ1) is 10.8. The lowest BCUT2D eigenvalue weighted by Gasteiger charge is -2.04. The number of imidazole rings is 2. The number of aromatic nitrogens is 5. The van der Waals surface area contributed by atoms with Crippen LogP contribution in [-0.2, 0) is 13.0 Å². The van der Waals surface area contributed by atoms with Crippen molar-refractivity contribution in [1.29, 1.82) is 0 Å². The van der Waals surface area contributed by atoms with Gasteiger partial charge in [0.2, 0.25) is 0 Å². The van der Waals surface area contributed by atoms with E-state index in [0.717, 1.165) is 46.3 Å². The third-order valence-corrected chi connectivity index (χ3v) is 4.51. The number of thiazole rings is 1. The Morgan fingerprint density at radius 1 is 1.23 bits per heavy atom. The van der Waals surface area contributed by atoms with E-state index in [0.29, 0.717) is 0 Å². The Labute approximate surface area is 131 Å². The van der Waals surface area contributed by atoms with Gasteiger partial charge in [-0.15, -0.1) is 11.3 Å². The third-order valence-electron chi connectivity index (χ3n) is 3.55. The van der Waals surface area contributed by atoms with E-state index >= 15 is 0 Å². The van der Waals surface area contributed by atoms with Crippen molar-refractivity contribution < 1.29 is 0 Å². The maximum absolute atomic E-state index is 4.62. The number of para-hydroxylation sites is 2. The molecule has 0 amide bonds. The fraction of sp³-hybridized carbons (Fsp3) is 0.188. The zero-order valence-electron chi connectivity index (χ0n) is 12.2. The lowest BCUT2D eigenvalue weighted by Crippen LogP contribution is -2.03. The van der Waals surface area contributed by atoms with Gasteiger partial charge in [0, 0.05) is 36.4 Å². The van der Waals surface area contributed by atoms with E-state index in [1.54, 1.807) is 11.3 Å². The van der Waals surface area contributed by atoms with Crippen LogP contribution < -0.4 is 0 Å². The summed E-state index contributed by atoms with van der Waals surface area (Å²) in [6, 6.07) is 8.10. The molecule has 4 rings (SSSR count). The van der Waals surface area contributed by atoms with Gasteiger partial charge < -0.3 is 9.55 Å². The average Bonchev–Trinajstić information content (AvgIpc) is 3.23. The molecule has 0 fully saturated rings. The highest BCUT2D eigenvalue weighted by atomic mass is 32.1. The molecule has 3 aromatic heterocycles. The van der Waals surface area contributed by atoms with Crippen LogP contribution in [-0.4, -0.2) is 24.5 Å². The van der Waals surface area contributed by atoms with Crippen LogP contribution in [0.4, 0.5) is 0 Å². The Balaban J connectivity index is 1.56. The number of aryl methyl sites for hydroxylation is 3. The number of nitrogens with zero attached hydrogens (tertiary/aromatic N) is 4. The summed E-state index contributed by atoms with van der Waals surface area (Å²) < 4.78 is 2.13. The molecule has 0 atom stereocenters. The minimum atomic E-state index is 0.827. The van der Waals surface area contributed by atoms with Crippen LogP contribution in [0.25, 0.3) is 21.9 Å². The highest BCUT2D eigenvalue weighted by Gasteiger charge is 2.10. The number of hydrogen-bond acceptors (Lipinski definition) is 4. The van der Waals surface area contributed by atoms with Gasteiger partial charge in [-0.05, 0) is 19.1 Å². The van der Waals surface area contributed by atoms with Gasteiger partial charge in [-0.1, -0.05) is 12.1 Å². The minimum absolute atomic E-state index is 0.827. The first kappa shape index (κ1) is 13.2. The van der Waals surface area contributed by atoms with E-state index in [-0.39, 0.29) is 0 Å². The first-order valence-electron chi connectivity index (χ1n) is 7.17. The zero-order valence-corrected chi connectivity index (χ0v) is 13.0. The van der Waals surface area contributed by atoms with Gasteiger partial charge >= 0.3 is 0 Å². The van der Waals surface area contributed by atoms with Crippen LogP contribution in [0.15, 0.2) is 42.0 Å². The summed E-state index contributed by atoms with van der Waals surface area (Å²) in [5, 5.41) is 3.01. The highest BCUT2D eigenvalue weighted by molar-refractivity contribution is 7.13. The standard InChI is InChI=1S/C16H15N5S/c1-11-10-22-16(18-11)15-17-7-9-21(15)8-6-14-19-12-4-2-3-5-13(12)20-14/h2-5,7,9-10H,6,8H2,1H3,(H,19,20). The van der Waals surface area contributed by atoms with Crippen LogP contribution in [0.2, 0.25) is 0 Å². The molecule has 6 heteroatoms. The van der Waals surface area contributed by atoms with Crippen molar-refractivity contribution in [3.05, 3.63) is 53.6 Å². The number of aromatic amines is 1. The smallest absolute Gasteiger partial charge is 0.169 e. The van der Waals surface area contributed by atoms with Crippen LogP contribution in [0.1, 0.15) is 11.5 Å². The SMILES string of the molecule is Cc1csc(-c2nccn2CCc2nc3ccccc3[nH]2)n1. The van der Waals surface area contributed by atoms with Gasteiger partial charge in [0.25, 0.3) is 0 Å². The van der Waals surface area contributed by atoms with E-state index in [1.807, 2.05) is 49.0 Å². The summed E-state index contributed by atoms with van der Waals surface area (Å²) in [4.78, 5) is 16.9. The molecule has 1 aromatic carbocycles. The minimum Gasteiger partial charge on any atom is -0.342 e. The molecular weight excluding hydrogens is 294 g/mol. The van der Waals surface area contributed by atoms with E-state index < -0.39 is 0 Å². The number of hydrogen-bond donors (Lipinski definition) is 1. The predicted molar refractivity (Wildman–Crippen MR) is 87.9 cm³/mol. The lowest BCUT2D eigenvalue weighted by atomic mass is 10.3. The molecule has 0 spiro atoms. The van der Waals surface area contributed by atoms with Crippen molar-refractivity contribution in [3.8, 4) is 10.8 Å². The summed E-state index contributed by atoms with van der Waals surface area (Å²) in [5.41, 5.74) is 3.13. The van der Waals surface area contributed by atoms with E-state index in [9.17, 15) is 0 Å². The van der Waals surface area contributed by atoms with Crippen molar-refractivity contribution in [3.63, 3.8) is 0 Å². The summed E-state index contributed by atoms with van der Waals surface area (Å²) in [7, 11) is 0. The molecule has 0 radical (unpaired) electrons. The number of H-pyrrole nitrogens is 1. The van der Waals surface area contributed by atoms with Crippen LogP contribution in [0.5, 0.6) is 0 Å². The van der Waals surface area contributed by atoms with Crippen molar-refractivity contribution in [1.82, 2.24) is 24.5 Å². The normalized spacial score (nSPS) is 11.3. The largest absolute Gasteiger partial charge is 0.342 e. The number of fused-ring (bicyclic) bond motifs is 1. The van der Waals surface area contributed by atoms with Gasteiger partial charge in [0.05, 0.1) is 11.0 Å². The monoisotopic (exact) mass is 309 g/mol. The second-order valence-corrected chi connectivity index (χ2v) is 6.05. The first-order valence-corrected chi connectivity index (χ1v) is 8.05. The van der Waals surface area contributed by atoms with Crippen molar-refractivity contribution in [2.45, 2.75) is 19.9 Å². The Morgan fingerprint density at radius 2 is 2.14 bits per heavy atom. The lowest BCUT2D eigenvalue weighted by molar-refractivity contribution is 0.683. The fourth-order valence-corrected chi connectivity index (χ4v) is 3.30. The van der Waals surface area contributed by atoms with Crippen LogP contribution in [0, 0.1) is 6.92 Å². The van der Waals surface area contributed by atoms with E-state index in [4.69, 9.17) is 0 Å². The molecule has 110 valence electrons. The number of rotatable bonds is 4. The molecule has 0 saturated carbocycles. The molecular formula is C16H15N5S.